The van der Waals surface area contributed by atoms with Crippen molar-refractivity contribution in [3.05, 3.63) is 27.9 Å². The van der Waals surface area contributed by atoms with Crippen molar-refractivity contribution in [3.63, 3.8) is 0 Å². The maximum Gasteiger partial charge on any atom is 0.337 e. The maximum absolute atomic E-state index is 10.7. The normalized spacial score (nSPS) is 10.3. The summed E-state index contributed by atoms with van der Waals surface area (Å²) in [6, 6.07) is 0.936. The highest BCUT2D eigenvalue weighted by Crippen LogP contribution is 2.25. The van der Waals surface area contributed by atoms with Crippen LogP contribution in [0.4, 0.5) is 5.69 Å². The van der Waals surface area contributed by atoms with Crippen molar-refractivity contribution in [1.82, 2.24) is 4.98 Å². The predicted molar refractivity (Wildman–Crippen MR) is 58.2 cm³/mol. The lowest BCUT2D eigenvalue weighted by atomic mass is 10.2. The molecule has 1 heterocycles. The van der Waals surface area contributed by atoms with Crippen molar-refractivity contribution in [3.8, 4) is 5.88 Å². The molecular formula is C10H12N2O5. The Bertz CT molecular complexity index is 444. The van der Waals surface area contributed by atoms with Gasteiger partial charge in [0.1, 0.15) is 0 Å². The molecule has 1 rings (SSSR count). The summed E-state index contributed by atoms with van der Waals surface area (Å²) in [4.78, 5) is 24.3. The van der Waals surface area contributed by atoms with Gasteiger partial charge in [0, 0.05) is 12.3 Å². The van der Waals surface area contributed by atoms with E-state index in [9.17, 15) is 14.9 Å². The SMILES string of the molecule is CC(C)COc1ncc(C(=O)O)cc1[N+](=O)[O-]. The number of ether oxygens (including phenoxy) is 1. The van der Waals surface area contributed by atoms with E-state index in [2.05, 4.69) is 4.98 Å². The van der Waals surface area contributed by atoms with Crippen molar-refractivity contribution in [2.24, 2.45) is 5.92 Å². The monoisotopic (exact) mass is 240 g/mol. The van der Waals surface area contributed by atoms with Crippen LogP contribution < -0.4 is 4.74 Å². The number of aromatic carboxylic acids is 1. The first-order valence-corrected chi connectivity index (χ1v) is 4.92. The van der Waals surface area contributed by atoms with Gasteiger partial charge in [0.2, 0.25) is 0 Å². The van der Waals surface area contributed by atoms with Gasteiger partial charge in [-0.1, -0.05) is 13.8 Å². The summed E-state index contributed by atoms with van der Waals surface area (Å²) in [6.07, 6.45) is 1.03. The van der Waals surface area contributed by atoms with E-state index in [0.717, 1.165) is 12.3 Å². The highest BCUT2D eigenvalue weighted by Gasteiger charge is 2.20. The molecule has 0 spiro atoms. The van der Waals surface area contributed by atoms with Gasteiger partial charge in [-0.2, -0.15) is 0 Å². The van der Waals surface area contributed by atoms with Crippen LogP contribution in [-0.2, 0) is 0 Å². The molecule has 0 saturated heterocycles. The first-order chi connectivity index (χ1) is 7.91. The Balaban J connectivity index is 3.04. The molecule has 0 fully saturated rings. The van der Waals surface area contributed by atoms with Crippen LogP contribution in [0.1, 0.15) is 24.2 Å². The smallest absolute Gasteiger partial charge is 0.337 e. The van der Waals surface area contributed by atoms with Gasteiger partial charge in [0.15, 0.2) is 0 Å². The number of carboxylic acids is 1. The number of carboxylic acid groups (broad SMARTS) is 1. The summed E-state index contributed by atoms with van der Waals surface area (Å²) in [6.45, 7) is 4.05. The topological polar surface area (TPSA) is 103 Å². The van der Waals surface area contributed by atoms with Crippen LogP contribution in [0.5, 0.6) is 5.88 Å². The molecular weight excluding hydrogens is 228 g/mol. The Labute approximate surface area is 97.2 Å². The van der Waals surface area contributed by atoms with Crippen LogP contribution >= 0.6 is 0 Å². The minimum atomic E-state index is -1.27. The standard InChI is InChI=1S/C10H12N2O5/c1-6(2)5-17-9-8(12(15)16)3-7(4-11-9)10(13)14/h3-4,6H,5H2,1-2H3,(H,13,14). The third-order valence-corrected chi connectivity index (χ3v) is 1.83. The van der Waals surface area contributed by atoms with E-state index in [1.54, 1.807) is 0 Å². The van der Waals surface area contributed by atoms with E-state index in [1.807, 2.05) is 13.8 Å². The molecule has 7 nitrogen and oxygen atoms in total. The van der Waals surface area contributed by atoms with Crippen LogP contribution in [0, 0.1) is 16.0 Å². The Morgan fingerprint density at radius 2 is 2.29 bits per heavy atom. The highest BCUT2D eigenvalue weighted by atomic mass is 16.6. The largest absolute Gasteiger partial charge is 0.478 e. The molecule has 0 bridgehead atoms. The zero-order valence-corrected chi connectivity index (χ0v) is 9.41. The minimum Gasteiger partial charge on any atom is -0.478 e. The average Bonchev–Trinajstić information content (AvgIpc) is 2.25. The molecule has 0 aliphatic heterocycles. The Morgan fingerprint density at radius 3 is 2.76 bits per heavy atom. The van der Waals surface area contributed by atoms with Gasteiger partial charge in [-0.3, -0.25) is 10.1 Å². The minimum absolute atomic E-state index is 0.159. The Hall–Kier alpha value is -2.18. The number of nitrogens with zero attached hydrogens (tertiary/aromatic N) is 2. The lowest BCUT2D eigenvalue weighted by molar-refractivity contribution is -0.386. The van der Waals surface area contributed by atoms with E-state index in [0.29, 0.717) is 0 Å². The maximum atomic E-state index is 10.7. The molecule has 92 valence electrons. The number of pyridine rings is 1. The highest BCUT2D eigenvalue weighted by molar-refractivity contribution is 5.88. The number of rotatable bonds is 5. The van der Waals surface area contributed by atoms with E-state index >= 15 is 0 Å². The third-order valence-electron chi connectivity index (χ3n) is 1.83. The average molecular weight is 240 g/mol. The summed E-state index contributed by atoms with van der Waals surface area (Å²) < 4.78 is 5.15. The fraction of sp³-hybridized carbons (Fsp3) is 0.400. The first-order valence-electron chi connectivity index (χ1n) is 4.92. The zero-order valence-electron chi connectivity index (χ0n) is 9.41. The zero-order chi connectivity index (χ0) is 13.0. The van der Waals surface area contributed by atoms with E-state index in [-0.39, 0.29) is 24.0 Å². The summed E-state index contributed by atoms with van der Waals surface area (Å²) in [5.74, 6) is -1.24. The molecule has 0 unspecified atom stereocenters. The van der Waals surface area contributed by atoms with E-state index in [4.69, 9.17) is 9.84 Å². The van der Waals surface area contributed by atoms with Crippen LogP contribution in [0.3, 0.4) is 0 Å². The predicted octanol–water partition coefficient (Wildman–Crippen LogP) is 1.72. The van der Waals surface area contributed by atoms with Gasteiger partial charge in [-0.25, -0.2) is 9.78 Å². The van der Waals surface area contributed by atoms with Crippen LogP contribution in [0.15, 0.2) is 12.3 Å². The van der Waals surface area contributed by atoms with E-state index in [1.165, 1.54) is 0 Å². The van der Waals surface area contributed by atoms with E-state index < -0.39 is 16.6 Å². The number of nitro groups is 1. The third kappa shape index (κ3) is 3.40. The lowest BCUT2D eigenvalue weighted by Crippen LogP contribution is -2.08. The number of hydrogen-bond acceptors (Lipinski definition) is 5. The van der Waals surface area contributed by atoms with Crippen LogP contribution in [0.2, 0.25) is 0 Å². The Kier molecular flexibility index (Phi) is 3.97. The van der Waals surface area contributed by atoms with Crippen LogP contribution in [0.25, 0.3) is 0 Å². The molecule has 0 saturated carbocycles. The molecule has 1 N–H and O–H groups in total. The summed E-state index contributed by atoms with van der Waals surface area (Å²) in [7, 11) is 0. The van der Waals surface area contributed by atoms with Crippen molar-refractivity contribution in [1.29, 1.82) is 0 Å². The molecule has 0 amide bonds. The number of carbonyl (C=O) groups is 1. The molecule has 0 aromatic carbocycles. The summed E-state index contributed by atoms with van der Waals surface area (Å²) in [5, 5.41) is 19.4. The molecule has 7 heteroatoms. The first kappa shape index (κ1) is 12.9. The fourth-order valence-electron chi connectivity index (χ4n) is 1.05. The molecule has 1 aromatic rings. The van der Waals surface area contributed by atoms with Crippen molar-refractivity contribution in [2.75, 3.05) is 6.61 Å². The second-order valence-corrected chi connectivity index (χ2v) is 3.82. The second kappa shape index (κ2) is 5.24. The number of hydrogen-bond donors (Lipinski definition) is 1. The summed E-state index contributed by atoms with van der Waals surface area (Å²) in [5.41, 5.74) is -0.681. The molecule has 17 heavy (non-hydrogen) atoms. The molecule has 1 aromatic heterocycles. The number of aromatic nitrogens is 1. The van der Waals surface area contributed by atoms with Gasteiger partial charge < -0.3 is 9.84 Å². The van der Waals surface area contributed by atoms with Gasteiger partial charge in [0.25, 0.3) is 5.88 Å². The van der Waals surface area contributed by atoms with Crippen molar-refractivity contribution in [2.45, 2.75) is 13.8 Å². The van der Waals surface area contributed by atoms with Crippen molar-refractivity contribution >= 4 is 11.7 Å². The summed E-state index contributed by atoms with van der Waals surface area (Å²) >= 11 is 0. The van der Waals surface area contributed by atoms with Gasteiger partial charge in [-0.05, 0) is 5.92 Å². The lowest BCUT2D eigenvalue weighted by Gasteiger charge is -2.07. The molecule has 0 aliphatic rings. The molecule has 0 aliphatic carbocycles. The molecule has 0 atom stereocenters. The van der Waals surface area contributed by atoms with Gasteiger partial charge in [0.05, 0.1) is 17.1 Å². The van der Waals surface area contributed by atoms with Gasteiger partial charge >= 0.3 is 11.7 Å². The Morgan fingerprint density at radius 1 is 1.65 bits per heavy atom. The van der Waals surface area contributed by atoms with Gasteiger partial charge in [-0.15, -0.1) is 0 Å². The van der Waals surface area contributed by atoms with Crippen molar-refractivity contribution < 1.29 is 19.6 Å². The van der Waals surface area contributed by atoms with Crippen LogP contribution in [-0.4, -0.2) is 27.6 Å². The quantitative estimate of drug-likeness (QED) is 0.620. The molecule has 0 radical (unpaired) electrons. The second-order valence-electron chi connectivity index (χ2n) is 3.82. The fourth-order valence-corrected chi connectivity index (χ4v) is 1.05.